The smallest absolute Gasteiger partial charge is 0.240 e. The Morgan fingerprint density at radius 1 is 1.42 bits per heavy atom. The lowest BCUT2D eigenvalue weighted by atomic mass is 9.54. The molecule has 1 aliphatic carbocycles. The number of rotatable bonds is 8. The molecule has 0 aromatic heterocycles. The van der Waals surface area contributed by atoms with Gasteiger partial charge in [-0.05, 0) is 31.2 Å². The maximum Gasteiger partial charge on any atom is 0.240 e. The highest BCUT2D eigenvalue weighted by atomic mass is 35.5. The molecule has 0 heterocycles. The van der Waals surface area contributed by atoms with Crippen LogP contribution >= 0.6 is 12.4 Å². The molecule has 1 amide bonds. The summed E-state index contributed by atoms with van der Waals surface area (Å²) in [5.41, 5.74) is 4.76. The van der Waals surface area contributed by atoms with Crippen molar-refractivity contribution in [3.63, 3.8) is 0 Å². The largest absolute Gasteiger partial charge is 0.491 e. The number of nitrogens with two attached hydrogens (primary N) is 1. The minimum absolute atomic E-state index is 0. The fourth-order valence-corrected chi connectivity index (χ4v) is 2.97. The van der Waals surface area contributed by atoms with Gasteiger partial charge in [-0.15, -0.1) is 12.4 Å². The van der Waals surface area contributed by atoms with Gasteiger partial charge in [-0.1, -0.05) is 13.8 Å². The number of benzene rings is 1. The average Bonchev–Trinajstić information content (AvgIpc) is 2.58. The van der Waals surface area contributed by atoms with Gasteiger partial charge in [0.05, 0.1) is 6.10 Å². The second kappa shape index (κ2) is 8.99. The highest BCUT2D eigenvalue weighted by Crippen LogP contribution is 2.49. The quantitative estimate of drug-likeness (QED) is 0.627. The molecular formula is C18H28ClFN2O4. The monoisotopic (exact) mass is 390 g/mol. The van der Waals surface area contributed by atoms with Gasteiger partial charge < -0.3 is 25.6 Å². The van der Waals surface area contributed by atoms with Crippen molar-refractivity contribution in [1.29, 1.82) is 0 Å². The van der Waals surface area contributed by atoms with Crippen molar-refractivity contribution < 1.29 is 23.8 Å². The molecule has 0 saturated heterocycles. The van der Waals surface area contributed by atoms with Crippen molar-refractivity contribution in [2.24, 2.45) is 11.1 Å². The molecule has 2 rings (SSSR count). The van der Waals surface area contributed by atoms with E-state index in [-0.39, 0.29) is 43.4 Å². The molecule has 1 fully saturated rings. The molecule has 0 radical (unpaired) electrons. The number of aliphatic hydroxyl groups excluding tert-OH is 1. The normalized spacial score (nSPS) is 24.8. The number of carbonyl (C=O) groups is 1. The topological polar surface area (TPSA) is 93.8 Å². The summed E-state index contributed by atoms with van der Waals surface area (Å²) in [5.74, 6) is -0.224. The fourth-order valence-electron chi connectivity index (χ4n) is 2.97. The van der Waals surface area contributed by atoms with Crippen LogP contribution in [0.5, 0.6) is 5.75 Å². The molecule has 8 heteroatoms. The lowest BCUT2D eigenvalue weighted by Crippen LogP contribution is -2.76. The first-order valence-electron chi connectivity index (χ1n) is 8.46. The lowest BCUT2D eigenvalue weighted by Gasteiger charge is -2.57. The van der Waals surface area contributed by atoms with Gasteiger partial charge in [-0.3, -0.25) is 4.79 Å². The standard InChI is InChI=1S/C18H27FN2O4.ClH/c1-4-24-15-9-18(20,17(15,2)3)16(23)21-10-13(22)11-25-14-7-5-12(19)6-8-14;/h5-8,13,15,22H,4,9-11,20H2,1-3H3,(H,21,23);1H. The number of hydrogen-bond donors (Lipinski definition) is 3. The van der Waals surface area contributed by atoms with Gasteiger partial charge in [0.15, 0.2) is 0 Å². The third kappa shape index (κ3) is 4.65. The SMILES string of the molecule is CCOC1CC(N)(C(=O)NCC(O)COc2ccc(F)cc2)C1(C)C.Cl. The molecule has 4 N–H and O–H groups in total. The molecule has 3 unspecified atom stereocenters. The van der Waals surface area contributed by atoms with E-state index in [0.717, 1.165) is 0 Å². The van der Waals surface area contributed by atoms with Crippen molar-refractivity contribution in [1.82, 2.24) is 5.32 Å². The molecule has 6 nitrogen and oxygen atoms in total. The average molecular weight is 391 g/mol. The number of ether oxygens (including phenoxy) is 2. The number of amides is 1. The first-order valence-corrected chi connectivity index (χ1v) is 8.46. The Kier molecular flexibility index (Phi) is 7.83. The molecule has 1 aliphatic rings. The second-order valence-electron chi connectivity index (χ2n) is 6.97. The molecule has 1 saturated carbocycles. The Bertz CT molecular complexity index is 599. The summed E-state index contributed by atoms with van der Waals surface area (Å²) in [7, 11) is 0. The Labute approximate surface area is 159 Å². The zero-order chi connectivity index (χ0) is 18.7. The van der Waals surface area contributed by atoms with Crippen LogP contribution in [0.25, 0.3) is 0 Å². The summed E-state index contributed by atoms with van der Waals surface area (Å²) in [6.07, 6.45) is -0.509. The minimum atomic E-state index is -1.02. The van der Waals surface area contributed by atoms with Crippen LogP contribution < -0.4 is 15.8 Å². The van der Waals surface area contributed by atoms with Crippen molar-refractivity contribution in [2.75, 3.05) is 19.8 Å². The van der Waals surface area contributed by atoms with E-state index < -0.39 is 17.1 Å². The van der Waals surface area contributed by atoms with Crippen molar-refractivity contribution in [3.8, 4) is 5.75 Å². The molecule has 1 aromatic rings. The number of carbonyl (C=O) groups excluding carboxylic acids is 1. The van der Waals surface area contributed by atoms with E-state index in [4.69, 9.17) is 15.2 Å². The summed E-state index contributed by atoms with van der Waals surface area (Å²) in [6.45, 7) is 6.30. The van der Waals surface area contributed by atoms with Gasteiger partial charge in [0.25, 0.3) is 0 Å². The second-order valence-corrected chi connectivity index (χ2v) is 6.97. The number of hydrogen-bond acceptors (Lipinski definition) is 5. The molecule has 3 atom stereocenters. The summed E-state index contributed by atoms with van der Waals surface area (Å²) < 4.78 is 23.8. The minimum Gasteiger partial charge on any atom is -0.491 e. The summed E-state index contributed by atoms with van der Waals surface area (Å²) in [5, 5.41) is 12.6. The summed E-state index contributed by atoms with van der Waals surface area (Å²) in [6, 6.07) is 5.49. The Morgan fingerprint density at radius 3 is 2.58 bits per heavy atom. The number of halogens is 2. The summed E-state index contributed by atoms with van der Waals surface area (Å²) >= 11 is 0. The maximum atomic E-state index is 12.8. The Morgan fingerprint density at radius 2 is 2.04 bits per heavy atom. The van der Waals surface area contributed by atoms with E-state index in [2.05, 4.69) is 5.32 Å². The van der Waals surface area contributed by atoms with Crippen LogP contribution in [0.2, 0.25) is 0 Å². The zero-order valence-electron chi connectivity index (χ0n) is 15.3. The first-order chi connectivity index (χ1) is 11.7. The van der Waals surface area contributed by atoms with E-state index in [1.54, 1.807) is 0 Å². The van der Waals surface area contributed by atoms with Crippen LogP contribution in [0.3, 0.4) is 0 Å². The Hall–Kier alpha value is -1.41. The molecule has 1 aromatic carbocycles. The van der Waals surface area contributed by atoms with Crippen molar-refractivity contribution >= 4 is 18.3 Å². The van der Waals surface area contributed by atoms with Crippen molar-refractivity contribution in [3.05, 3.63) is 30.1 Å². The van der Waals surface area contributed by atoms with E-state index in [0.29, 0.717) is 18.8 Å². The molecule has 26 heavy (non-hydrogen) atoms. The maximum absolute atomic E-state index is 12.8. The third-order valence-electron chi connectivity index (χ3n) is 4.99. The van der Waals surface area contributed by atoms with Crippen molar-refractivity contribution in [2.45, 2.75) is 44.9 Å². The van der Waals surface area contributed by atoms with Crippen LogP contribution in [-0.2, 0) is 9.53 Å². The lowest BCUT2D eigenvalue weighted by molar-refractivity contribution is -0.171. The van der Waals surface area contributed by atoms with Crippen LogP contribution in [0.15, 0.2) is 24.3 Å². The first kappa shape index (κ1) is 22.6. The van der Waals surface area contributed by atoms with Crippen LogP contribution in [0.4, 0.5) is 4.39 Å². The molecule has 148 valence electrons. The predicted octanol–water partition coefficient (Wildman–Crippen LogP) is 1.64. The fraction of sp³-hybridized carbons (Fsp3) is 0.611. The van der Waals surface area contributed by atoms with Gasteiger partial charge >= 0.3 is 0 Å². The molecular weight excluding hydrogens is 363 g/mol. The highest BCUT2D eigenvalue weighted by molar-refractivity contribution is 5.88. The number of nitrogens with one attached hydrogen (secondary N) is 1. The predicted molar refractivity (Wildman–Crippen MR) is 98.9 cm³/mol. The van der Waals surface area contributed by atoms with E-state index in [1.807, 2.05) is 20.8 Å². The van der Waals surface area contributed by atoms with E-state index in [1.165, 1.54) is 24.3 Å². The third-order valence-corrected chi connectivity index (χ3v) is 4.99. The van der Waals surface area contributed by atoms with Gasteiger partial charge in [-0.25, -0.2) is 4.39 Å². The summed E-state index contributed by atoms with van der Waals surface area (Å²) in [4.78, 5) is 12.4. The van der Waals surface area contributed by atoms with Gasteiger partial charge in [0.2, 0.25) is 5.91 Å². The van der Waals surface area contributed by atoms with Gasteiger partial charge in [0, 0.05) is 25.0 Å². The van der Waals surface area contributed by atoms with E-state index >= 15 is 0 Å². The van der Waals surface area contributed by atoms with Gasteiger partial charge in [-0.2, -0.15) is 0 Å². The molecule has 0 bridgehead atoms. The van der Waals surface area contributed by atoms with Crippen LogP contribution in [-0.4, -0.2) is 48.5 Å². The Balaban J connectivity index is 0.00000338. The molecule has 0 aliphatic heterocycles. The van der Waals surface area contributed by atoms with Crippen LogP contribution in [0, 0.1) is 11.2 Å². The molecule has 0 spiro atoms. The number of aliphatic hydroxyl groups is 1. The zero-order valence-corrected chi connectivity index (χ0v) is 16.1. The van der Waals surface area contributed by atoms with Gasteiger partial charge in [0.1, 0.15) is 29.8 Å². The van der Waals surface area contributed by atoms with Crippen LogP contribution in [0.1, 0.15) is 27.2 Å². The highest BCUT2D eigenvalue weighted by Gasteiger charge is 2.62. The van der Waals surface area contributed by atoms with E-state index in [9.17, 15) is 14.3 Å².